The molecule has 5 rings (SSSR count). The van der Waals surface area contributed by atoms with Crippen LogP contribution in [0.3, 0.4) is 0 Å². The number of rotatable bonds is 4. The first-order valence-electron chi connectivity index (χ1n) is 9.18. The van der Waals surface area contributed by atoms with Crippen molar-refractivity contribution in [3.63, 3.8) is 0 Å². The molecule has 0 saturated heterocycles. The van der Waals surface area contributed by atoms with Crippen LogP contribution in [0.15, 0.2) is 36.0 Å². The molecule has 4 aromatic rings. The predicted octanol–water partition coefficient (Wildman–Crippen LogP) is 4.38. The maximum Gasteiger partial charge on any atom is 0.155 e. The topological polar surface area (TPSA) is 68.5 Å². The Kier molecular flexibility index (Phi) is 3.89. The van der Waals surface area contributed by atoms with Gasteiger partial charge in [-0.2, -0.15) is 0 Å². The standard InChI is InChI=1S/C20H20N6S/c1-12-5-7-14(8-6-12)15-10-27-20-17(15)18(21-11-22-20)23-13(2)19-25-24-16-4-3-9-26(16)19/h5-8,10-11,13H,3-4,9H2,1-2H3,(H,21,22,23). The van der Waals surface area contributed by atoms with E-state index in [1.54, 1.807) is 17.7 Å². The van der Waals surface area contributed by atoms with Gasteiger partial charge in [0.2, 0.25) is 0 Å². The Morgan fingerprint density at radius 2 is 2.00 bits per heavy atom. The summed E-state index contributed by atoms with van der Waals surface area (Å²) in [5.41, 5.74) is 3.60. The van der Waals surface area contributed by atoms with Gasteiger partial charge in [-0.1, -0.05) is 29.8 Å². The van der Waals surface area contributed by atoms with Gasteiger partial charge in [0.1, 0.15) is 22.8 Å². The zero-order chi connectivity index (χ0) is 18.4. The van der Waals surface area contributed by atoms with Crippen LogP contribution in [0, 0.1) is 6.92 Å². The lowest BCUT2D eigenvalue weighted by molar-refractivity contribution is 0.651. The maximum atomic E-state index is 4.55. The van der Waals surface area contributed by atoms with Crippen molar-refractivity contribution >= 4 is 27.4 Å². The van der Waals surface area contributed by atoms with E-state index >= 15 is 0 Å². The molecule has 4 heterocycles. The molecule has 0 saturated carbocycles. The van der Waals surface area contributed by atoms with Crippen molar-refractivity contribution in [2.24, 2.45) is 0 Å². The Labute approximate surface area is 161 Å². The molecule has 0 aliphatic carbocycles. The number of benzene rings is 1. The second-order valence-corrected chi connectivity index (χ2v) is 7.87. The minimum Gasteiger partial charge on any atom is -0.360 e. The Morgan fingerprint density at radius 3 is 2.85 bits per heavy atom. The number of aryl methyl sites for hydroxylation is 2. The van der Waals surface area contributed by atoms with Gasteiger partial charge in [-0.3, -0.25) is 0 Å². The van der Waals surface area contributed by atoms with Crippen LogP contribution in [0.25, 0.3) is 21.3 Å². The van der Waals surface area contributed by atoms with E-state index in [1.807, 2.05) is 0 Å². The largest absolute Gasteiger partial charge is 0.360 e. The summed E-state index contributed by atoms with van der Waals surface area (Å²) in [6.45, 7) is 5.21. The number of anilines is 1. The molecule has 0 amide bonds. The van der Waals surface area contributed by atoms with E-state index in [1.165, 1.54) is 11.1 Å². The zero-order valence-corrected chi connectivity index (χ0v) is 16.1. The molecular weight excluding hydrogens is 356 g/mol. The van der Waals surface area contributed by atoms with E-state index in [0.29, 0.717) is 0 Å². The molecule has 0 fully saturated rings. The number of hydrogen-bond acceptors (Lipinski definition) is 6. The lowest BCUT2D eigenvalue weighted by Gasteiger charge is -2.15. The van der Waals surface area contributed by atoms with Crippen LogP contribution in [0.2, 0.25) is 0 Å². The van der Waals surface area contributed by atoms with Gasteiger partial charge in [0.05, 0.1) is 11.4 Å². The smallest absolute Gasteiger partial charge is 0.155 e. The minimum atomic E-state index is 0.0215. The lowest BCUT2D eigenvalue weighted by Crippen LogP contribution is -2.14. The number of thiophene rings is 1. The average Bonchev–Trinajstić information content (AvgIpc) is 3.38. The van der Waals surface area contributed by atoms with E-state index < -0.39 is 0 Å². The van der Waals surface area contributed by atoms with Crippen molar-refractivity contribution in [3.8, 4) is 11.1 Å². The first-order valence-corrected chi connectivity index (χ1v) is 10.1. The van der Waals surface area contributed by atoms with Crippen LogP contribution in [0.5, 0.6) is 0 Å². The minimum absolute atomic E-state index is 0.0215. The summed E-state index contributed by atoms with van der Waals surface area (Å²) in [5, 5.41) is 15.5. The lowest BCUT2D eigenvalue weighted by atomic mass is 10.0. The monoisotopic (exact) mass is 376 g/mol. The van der Waals surface area contributed by atoms with E-state index in [0.717, 1.165) is 52.6 Å². The fourth-order valence-electron chi connectivity index (χ4n) is 3.69. The molecular formula is C20H20N6S. The summed E-state index contributed by atoms with van der Waals surface area (Å²) in [4.78, 5) is 10.0. The molecule has 7 heteroatoms. The maximum absolute atomic E-state index is 4.55. The van der Waals surface area contributed by atoms with Gasteiger partial charge < -0.3 is 9.88 Å². The Morgan fingerprint density at radius 1 is 1.15 bits per heavy atom. The highest BCUT2D eigenvalue weighted by Gasteiger charge is 2.22. The molecule has 136 valence electrons. The summed E-state index contributed by atoms with van der Waals surface area (Å²) in [6.07, 6.45) is 3.78. The van der Waals surface area contributed by atoms with Crippen molar-refractivity contribution in [3.05, 3.63) is 53.2 Å². The third-order valence-corrected chi connectivity index (χ3v) is 6.00. The molecule has 1 aromatic carbocycles. The normalized spacial score (nSPS) is 14.4. The van der Waals surface area contributed by atoms with Crippen molar-refractivity contribution in [1.82, 2.24) is 24.7 Å². The quantitative estimate of drug-likeness (QED) is 0.572. The first-order chi connectivity index (χ1) is 13.2. The van der Waals surface area contributed by atoms with E-state index in [-0.39, 0.29) is 6.04 Å². The summed E-state index contributed by atoms with van der Waals surface area (Å²) < 4.78 is 2.23. The summed E-state index contributed by atoms with van der Waals surface area (Å²) in [5.74, 6) is 2.91. The van der Waals surface area contributed by atoms with Gasteiger partial charge in [-0.25, -0.2) is 9.97 Å². The molecule has 6 nitrogen and oxygen atoms in total. The van der Waals surface area contributed by atoms with Crippen LogP contribution in [-0.4, -0.2) is 24.7 Å². The number of fused-ring (bicyclic) bond motifs is 2. The second kappa shape index (κ2) is 6.42. The summed E-state index contributed by atoms with van der Waals surface area (Å²) in [6, 6.07) is 8.61. The molecule has 27 heavy (non-hydrogen) atoms. The van der Waals surface area contributed by atoms with E-state index in [4.69, 9.17) is 0 Å². The second-order valence-electron chi connectivity index (χ2n) is 7.01. The molecule has 0 bridgehead atoms. The number of aromatic nitrogens is 5. The van der Waals surface area contributed by atoms with Gasteiger partial charge in [-0.05, 0) is 25.8 Å². The SMILES string of the molecule is Cc1ccc(-c2csc3ncnc(NC(C)c4nnc5n4CCC5)c23)cc1. The van der Waals surface area contributed by atoms with Gasteiger partial charge in [-0.15, -0.1) is 21.5 Å². The molecule has 1 unspecified atom stereocenters. The molecule has 0 spiro atoms. The molecule has 0 radical (unpaired) electrons. The predicted molar refractivity (Wildman–Crippen MR) is 108 cm³/mol. The van der Waals surface area contributed by atoms with Crippen molar-refractivity contribution in [2.75, 3.05) is 5.32 Å². The van der Waals surface area contributed by atoms with Crippen LogP contribution in [0.4, 0.5) is 5.82 Å². The average molecular weight is 376 g/mol. The Bertz CT molecular complexity index is 1110. The fourth-order valence-corrected chi connectivity index (χ4v) is 4.61. The number of nitrogens with one attached hydrogen (secondary N) is 1. The molecule has 1 N–H and O–H groups in total. The molecule has 1 atom stereocenters. The Balaban J connectivity index is 1.55. The van der Waals surface area contributed by atoms with Crippen LogP contribution in [0.1, 0.15) is 36.6 Å². The summed E-state index contributed by atoms with van der Waals surface area (Å²) >= 11 is 1.65. The van der Waals surface area contributed by atoms with Gasteiger partial charge in [0.15, 0.2) is 5.82 Å². The van der Waals surface area contributed by atoms with Crippen molar-refractivity contribution in [2.45, 2.75) is 39.3 Å². The fraction of sp³-hybridized carbons (Fsp3) is 0.300. The van der Waals surface area contributed by atoms with Gasteiger partial charge in [0, 0.05) is 23.9 Å². The highest BCUT2D eigenvalue weighted by molar-refractivity contribution is 7.17. The van der Waals surface area contributed by atoms with Gasteiger partial charge >= 0.3 is 0 Å². The van der Waals surface area contributed by atoms with Gasteiger partial charge in [0.25, 0.3) is 0 Å². The first kappa shape index (κ1) is 16.4. The van der Waals surface area contributed by atoms with Crippen molar-refractivity contribution < 1.29 is 0 Å². The van der Waals surface area contributed by atoms with E-state index in [2.05, 4.69) is 73.5 Å². The third-order valence-electron chi connectivity index (χ3n) is 5.11. The van der Waals surface area contributed by atoms with Crippen LogP contribution < -0.4 is 5.32 Å². The summed E-state index contributed by atoms with van der Waals surface area (Å²) in [7, 11) is 0. The zero-order valence-electron chi connectivity index (χ0n) is 15.3. The van der Waals surface area contributed by atoms with Crippen molar-refractivity contribution in [1.29, 1.82) is 0 Å². The highest BCUT2D eigenvalue weighted by Crippen LogP contribution is 2.37. The highest BCUT2D eigenvalue weighted by atomic mass is 32.1. The number of hydrogen-bond donors (Lipinski definition) is 1. The molecule has 1 aliphatic rings. The molecule has 3 aromatic heterocycles. The number of nitrogens with zero attached hydrogens (tertiary/aromatic N) is 5. The molecule has 1 aliphatic heterocycles. The van der Waals surface area contributed by atoms with Crippen LogP contribution >= 0.6 is 11.3 Å². The third kappa shape index (κ3) is 2.78. The Hall–Kier alpha value is -2.80. The van der Waals surface area contributed by atoms with E-state index in [9.17, 15) is 0 Å². The van der Waals surface area contributed by atoms with Crippen LogP contribution in [-0.2, 0) is 13.0 Å².